The first-order valence-corrected chi connectivity index (χ1v) is 11.1. The third kappa shape index (κ3) is 3.36. The average molecular weight is 479 g/mol. The zero-order valence-corrected chi connectivity index (χ0v) is 19.1. The molecule has 5 aromatic heterocycles. The van der Waals surface area contributed by atoms with Gasteiger partial charge in [0, 0.05) is 37.6 Å². The van der Waals surface area contributed by atoms with Crippen molar-refractivity contribution in [2.75, 3.05) is 11.4 Å². The highest BCUT2D eigenvalue weighted by Gasteiger charge is 2.33. The van der Waals surface area contributed by atoms with Crippen LogP contribution in [0.2, 0.25) is 5.02 Å². The topological polar surface area (TPSA) is 132 Å². The summed E-state index contributed by atoms with van der Waals surface area (Å²) in [4.78, 5) is 30.3. The summed E-state index contributed by atoms with van der Waals surface area (Å²) in [5.74, 6) is 1.15. The van der Waals surface area contributed by atoms with Crippen LogP contribution >= 0.6 is 11.6 Å². The fourth-order valence-corrected chi connectivity index (χ4v) is 4.70. The first kappa shape index (κ1) is 20.6. The molecule has 1 N–H and O–H groups in total. The van der Waals surface area contributed by atoms with Gasteiger partial charge in [-0.15, -0.1) is 0 Å². The molecular weight excluding hydrogens is 460 g/mol. The van der Waals surface area contributed by atoms with Gasteiger partial charge in [-0.2, -0.15) is 0 Å². The Bertz CT molecular complexity index is 1580. The van der Waals surface area contributed by atoms with Gasteiger partial charge in [-0.25, -0.2) is 14.8 Å². The molecule has 34 heavy (non-hydrogen) atoms. The molecule has 6 rings (SSSR count). The number of hydrogen-bond acceptors (Lipinski definition) is 9. The molecule has 0 amide bonds. The van der Waals surface area contributed by atoms with E-state index in [4.69, 9.17) is 26.1 Å². The number of pyridine rings is 2. The molecule has 1 saturated heterocycles. The Hall–Kier alpha value is -3.99. The predicted octanol–water partition coefficient (Wildman–Crippen LogP) is 3.66. The second-order valence-corrected chi connectivity index (χ2v) is 8.69. The summed E-state index contributed by atoms with van der Waals surface area (Å²) in [6, 6.07) is 5.56. The average Bonchev–Trinajstić information content (AvgIpc) is 3.60. The minimum Gasteiger partial charge on any atom is -0.359 e. The lowest BCUT2D eigenvalue weighted by molar-refractivity contribution is 0.357. The van der Waals surface area contributed by atoms with E-state index >= 15 is 0 Å². The minimum absolute atomic E-state index is 0.0346. The van der Waals surface area contributed by atoms with Crippen LogP contribution in [0.3, 0.4) is 0 Å². The highest BCUT2D eigenvalue weighted by atomic mass is 35.5. The van der Waals surface area contributed by atoms with Gasteiger partial charge in [-0.3, -0.25) is 14.5 Å². The van der Waals surface area contributed by atoms with Crippen molar-refractivity contribution in [3.8, 4) is 22.8 Å². The molecule has 172 valence electrons. The highest BCUT2D eigenvalue weighted by Crippen LogP contribution is 2.39. The van der Waals surface area contributed by atoms with E-state index in [-0.39, 0.29) is 11.9 Å². The zero-order chi connectivity index (χ0) is 23.4. The fourth-order valence-electron chi connectivity index (χ4n) is 4.53. The summed E-state index contributed by atoms with van der Waals surface area (Å²) in [6.07, 6.45) is 5.19. The Morgan fingerprint density at radius 2 is 2.03 bits per heavy atom. The number of aromatic amines is 1. The fraction of sp³-hybridized carbons (Fsp3) is 0.273. The SMILES string of the molecule is Cc1cc(C2CCCN2c2nc3cc(-c4noc(=O)[nH]4)nc(-c4cncc(Cl)c4)c3n2C)on1. The molecule has 12 heteroatoms. The number of nitrogens with zero attached hydrogens (tertiary/aromatic N) is 7. The summed E-state index contributed by atoms with van der Waals surface area (Å²) < 4.78 is 12.3. The predicted molar refractivity (Wildman–Crippen MR) is 123 cm³/mol. The van der Waals surface area contributed by atoms with Crippen molar-refractivity contribution in [2.45, 2.75) is 25.8 Å². The van der Waals surface area contributed by atoms with Crippen molar-refractivity contribution < 1.29 is 9.05 Å². The molecule has 0 saturated carbocycles. The maximum Gasteiger partial charge on any atom is 0.439 e. The molecule has 1 unspecified atom stereocenters. The van der Waals surface area contributed by atoms with Crippen molar-refractivity contribution >= 4 is 28.6 Å². The lowest BCUT2D eigenvalue weighted by atomic mass is 10.1. The molecule has 0 bridgehead atoms. The highest BCUT2D eigenvalue weighted by molar-refractivity contribution is 6.30. The van der Waals surface area contributed by atoms with Gasteiger partial charge in [0.15, 0.2) is 5.76 Å². The number of aryl methyl sites for hydroxylation is 2. The third-order valence-electron chi connectivity index (χ3n) is 5.97. The van der Waals surface area contributed by atoms with E-state index in [9.17, 15) is 4.79 Å². The van der Waals surface area contributed by atoms with E-state index in [0.717, 1.165) is 42.3 Å². The molecule has 1 aliphatic heterocycles. The first-order chi connectivity index (χ1) is 16.5. The number of fused-ring (bicyclic) bond motifs is 1. The van der Waals surface area contributed by atoms with Crippen molar-refractivity contribution in [1.29, 1.82) is 0 Å². The van der Waals surface area contributed by atoms with E-state index < -0.39 is 5.76 Å². The summed E-state index contributed by atoms with van der Waals surface area (Å²) in [5, 5.41) is 8.34. The van der Waals surface area contributed by atoms with Gasteiger partial charge in [-0.05, 0) is 31.9 Å². The van der Waals surface area contributed by atoms with Gasteiger partial charge < -0.3 is 14.0 Å². The van der Waals surface area contributed by atoms with E-state index in [0.29, 0.717) is 27.5 Å². The quantitative estimate of drug-likeness (QED) is 0.410. The molecule has 5 aromatic rings. The lowest BCUT2D eigenvalue weighted by Crippen LogP contribution is -2.25. The molecule has 6 heterocycles. The van der Waals surface area contributed by atoms with Gasteiger partial charge in [0.05, 0.1) is 33.5 Å². The first-order valence-electron chi connectivity index (χ1n) is 10.7. The number of imidazole rings is 1. The van der Waals surface area contributed by atoms with Crippen molar-refractivity contribution in [3.63, 3.8) is 0 Å². The van der Waals surface area contributed by atoms with Gasteiger partial charge >= 0.3 is 5.76 Å². The van der Waals surface area contributed by atoms with Crippen LogP contribution in [-0.2, 0) is 7.05 Å². The molecule has 11 nitrogen and oxygen atoms in total. The number of anilines is 1. The van der Waals surface area contributed by atoms with Crippen LogP contribution in [0.5, 0.6) is 0 Å². The van der Waals surface area contributed by atoms with Crippen molar-refractivity contribution in [2.24, 2.45) is 7.05 Å². The van der Waals surface area contributed by atoms with Crippen LogP contribution in [0, 0.1) is 6.92 Å². The van der Waals surface area contributed by atoms with E-state index in [1.54, 1.807) is 24.5 Å². The molecule has 1 fully saturated rings. The monoisotopic (exact) mass is 478 g/mol. The van der Waals surface area contributed by atoms with Gasteiger partial charge in [-0.1, -0.05) is 21.9 Å². The van der Waals surface area contributed by atoms with E-state index in [2.05, 4.69) is 29.7 Å². The molecule has 0 aliphatic carbocycles. The lowest BCUT2D eigenvalue weighted by Gasteiger charge is -2.23. The number of rotatable bonds is 4. The van der Waals surface area contributed by atoms with Crippen LogP contribution in [0.15, 0.2) is 44.4 Å². The van der Waals surface area contributed by atoms with Gasteiger partial charge in [0.25, 0.3) is 0 Å². The van der Waals surface area contributed by atoms with Crippen LogP contribution in [0.4, 0.5) is 5.95 Å². The number of H-pyrrole nitrogens is 1. The summed E-state index contributed by atoms with van der Waals surface area (Å²) in [5.41, 5.74) is 4.07. The molecular formula is C22H19ClN8O3. The maximum atomic E-state index is 11.6. The minimum atomic E-state index is -0.660. The smallest absolute Gasteiger partial charge is 0.359 e. The second-order valence-electron chi connectivity index (χ2n) is 8.25. The van der Waals surface area contributed by atoms with Crippen LogP contribution in [0.1, 0.15) is 30.3 Å². The Morgan fingerprint density at radius 3 is 2.76 bits per heavy atom. The Morgan fingerprint density at radius 1 is 1.15 bits per heavy atom. The molecule has 1 aliphatic rings. The molecule has 0 aromatic carbocycles. The standard InChI is InChI=1S/C22H19ClN8O3/c1-11-6-17(33-28-11)16-4-3-5-31(16)21-26-14-8-15(20-27-22(32)34-29-20)25-18(19(14)30(21)2)12-7-13(23)10-24-9-12/h6-10,16H,3-5H2,1-2H3,(H,27,29,32). The normalized spacial score (nSPS) is 16.1. The summed E-state index contributed by atoms with van der Waals surface area (Å²) in [6.45, 7) is 2.74. The van der Waals surface area contributed by atoms with Crippen LogP contribution in [0.25, 0.3) is 33.8 Å². The number of hydrogen-bond donors (Lipinski definition) is 1. The van der Waals surface area contributed by atoms with Crippen molar-refractivity contribution in [1.82, 2.24) is 34.8 Å². The van der Waals surface area contributed by atoms with E-state index in [1.165, 1.54) is 0 Å². The largest absolute Gasteiger partial charge is 0.439 e. The Labute approximate surface area is 197 Å². The molecule has 1 atom stereocenters. The second kappa shape index (κ2) is 7.80. The van der Waals surface area contributed by atoms with Crippen LogP contribution < -0.4 is 10.7 Å². The molecule has 0 radical (unpaired) electrons. The number of halogens is 1. The van der Waals surface area contributed by atoms with Gasteiger partial charge in [0.2, 0.25) is 11.8 Å². The van der Waals surface area contributed by atoms with Crippen molar-refractivity contribution in [3.05, 3.63) is 57.6 Å². The Balaban J connectivity index is 1.56. The Kier molecular flexibility index (Phi) is 4.73. The number of aromatic nitrogens is 7. The van der Waals surface area contributed by atoms with Crippen LogP contribution in [-0.4, -0.2) is 41.4 Å². The molecule has 0 spiro atoms. The zero-order valence-electron chi connectivity index (χ0n) is 18.3. The third-order valence-corrected chi connectivity index (χ3v) is 6.18. The maximum absolute atomic E-state index is 11.6. The number of nitrogens with one attached hydrogen (secondary N) is 1. The summed E-state index contributed by atoms with van der Waals surface area (Å²) in [7, 11) is 1.95. The van der Waals surface area contributed by atoms with E-state index in [1.807, 2.05) is 24.6 Å². The summed E-state index contributed by atoms with van der Waals surface area (Å²) >= 11 is 6.23. The van der Waals surface area contributed by atoms with Gasteiger partial charge in [0.1, 0.15) is 5.69 Å².